The first-order valence-electron chi connectivity index (χ1n) is 5.51. The average molecular weight is 222 g/mol. The summed E-state index contributed by atoms with van der Waals surface area (Å²) in [6.45, 7) is 5.70. The summed E-state index contributed by atoms with van der Waals surface area (Å²) in [5.41, 5.74) is 1.93. The molecular weight excluding hydrogens is 204 g/mol. The zero-order valence-electron chi connectivity index (χ0n) is 9.95. The molecule has 88 valence electrons. The Hall–Kier alpha value is -1.20. The normalized spacial score (nSPS) is 24.7. The number of hydrogen-bond acceptors (Lipinski definition) is 5. The van der Waals surface area contributed by atoms with E-state index in [9.17, 15) is 0 Å². The quantitative estimate of drug-likeness (QED) is 0.779. The van der Waals surface area contributed by atoms with Crippen molar-refractivity contribution in [2.24, 2.45) is 0 Å². The second-order valence-corrected chi connectivity index (χ2v) is 4.11. The molecule has 1 aliphatic heterocycles. The third-order valence-corrected chi connectivity index (χ3v) is 2.99. The summed E-state index contributed by atoms with van der Waals surface area (Å²) in [6.07, 6.45) is 1.97. The third kappa shape index (κ3) is 2.31. The van der Waals surface area contributed by atoms with Crippen molar-refractivity contribution in [3.05, 3.63) is 17.6 Å². The first-order valence-corrected chi connectivity index (χ1v) is 5.51. The number of anilines is 1. The molecule has 0 amide bonds. The summed E-state index contributed by atoms with van der Waals surface area (Å²) in [5, 5.41) is 6.63. The molecule has 1 unspecified atom stereocenters. The van der Waals surface area contributed by atoms with Gasteiger partial charge in [-0.25, -0.2) is 4.98 Å². The Kier molecular flexibility index (Phi) is 3.36. The molecule has 5 nitrogen and oxygen atoms in total. The van der Waals surface area contributed by atoms with Gasteiger partial charge in [-0.2, -0.15) is 0 Å². The van der Waals surface area contributed by atoms with Gasteiger partial charge in [-0.05, 0) is 13.8 Å². The Morgan fingerprint density at radius 2 is 2.19 bits per heavy atom. The summed E-state index contributed by atoms with van der Waals surface area (Å²) in [4.78, 5) is 8.73. The monoisotopic (exact) mass is 222 g/mol. The highest BCUT2D eigenvalue weighted by Gasteiger charge is 2.26. The van der Waals surface area contributed by atoms with Crippen molar-refractivity contribution in [2.45, 2.75) is 26.0 Å². The molecule has 1 aromatic heterocycles. The van der Waals surface area contributed by atoms with Gasteiger partial charge in [0.05, 0.1) is 29.7 Å². The summed E-state index contributed by atoms with van der Waals surface area (Å²) in [7, 11) is 1.73. The highest BCUT2D eigenvalue weighted by molar-refractivity contribution is 5.35. The fourth-order valence-electron chi connectivity index (χ4n) is 1.85. The van der Waals surface area contributed by atoms with Crippen LogP contribution >= 0.6 is 0 Å². The number of nitrogens with zero attached hydrogens (tertiary/aromatic N) is 2. The van der Waals surface area contributed by atoms with E-state index >= 15 is 0 Å². The topological polar surface area (TPSA) is 59.1 Å². The zero-order valence-corrected chi connectivity index (χ0v) is 9.95. The lowest BCUT2D eigenvalue weighted by Gasteiger charge is -2.19. The van der Waals surface area contributed by atoms with Crippen molar-refractivity contribution in [3.8, 4) is 0 Å². The molecule has 1 aromatic rings. The molecular formula is C11H18N4O. The second kappa shape index (κ2) is 4.76. The molecule has 1 saturated heterocycles. The molecule has 2 N–H and O–H groups in total. The van der Waals surface area contributed by atoms with Crippen molar-refractivity contribution in [1.29, 1.82) is 0 Å². The Morgan fingerprint density at radius 3 is 2.88 bits per heavy atom. The summed E-state index contributed by atoms with van der Waals surface area (Å²) < 4.78 is 5.38. The van der Waals surface area contributed by atoms with Gasteiger partial charge >= 0.3 is 0 Å². The fourth-order valence-corrected chi connectivity index (χ4v) is 1.85. The Labute approximate surface area is 95.6 Å². The number of ether oxygens (including phenoxy) is 1. The van der Waals surface area contributed by atoms with Crippen LogP contribution < -0.4 is 10.6 Å². The molecule has 16 heavy (non-hydrogen) atoms. The van der Waals surface area contributed by atoms with Gasteiger partial charge in [-0.1, -0.05) is 0 Å². The van der Waals surface area contributed by atoms with Gasteiger partial charge in [0.2, 0.25) is 0 Å². The van der Waals surface area contributed by atoms with Gasteiger partial charge in [0.15, 0.2) is 0 Å². The molecule has 0 bridgehead atoms. The molecule has 0 saturated carbocycles. The van der Waals surface area contributed by atoms with Crippen molar-refractivity contribution in [3.63, 3.8) is 0 Å². The Bertz CT molecular complexity index is 369. The van der Waals surface area contributed by atoms with E-state index in [2.05, 4.69) is 20.6 Å². The maximum atomic E-state index is 5.38. The van der Waals surface area contributed by atoms with Gasteiger partial charge in [0.25, 0.3) is 0 Å². The van der Waals surface area contributed by atoms with Crippen LogP contribution in [0.5, 0.6) is 0 Å². The van der Waals surface area contributed by atoms with Crippen LogP contribution in [0.1, 0.15) is 11.4 Å². The first-order chi connectivity index (χ1) is 7.70. The number of methoxy groups -OCH3 is 1. The largest absolute Gasteiger partial charge is 0.378 e. The van der Waals surface area contributed by atoms with Crippen LogP contribution in [0.25, 0.3) is 0 Å². The lowest BCUT2D eigenvalue weighted by molar-refractivity contribution is 0.111. The Balaban J connectivity index is 2.05. The van der Waals surface area contributed by atoms with Crippen molar-refractivity contribution in [1.82, 2.24) is 15.3 Å². The van der Waals surface area contributed by atoms with E-state index < -0.39 is 0 Å². The van der Waals surface area contributed by atoms with Gasteiger partial charge in [-0.3, -0.25) is 4.98 Å². The minimum atomic E-state index is 0.198. The molecule has 0 radical (unpaired) electrons. The average Bonchev–Trinajstić information content (AvgIpc) is 2.71. The second-order valence-electron chi connectivity index (χ2n) is 4.11. The molecule has 2 heterocycles. The molecule has 2 rings (SSSR count). The summed E-state index contributed by atoms with van der Waals surface area (Å²) >= 11 is 0. The van der Waals surface area contributed by atoms with E-state index in [-0.39, 0.29) is 12.1 Å². The van der Waals surface area contributed by atoms with E-state index in [1.54, 1.807) is 13.3 Å². The SMILES string of the molecule is CO[C@H]1CNCC1Nc1cnc(C)c(C)n1. The first kappa shape index (κ1) is 11.3. The molecule has 0 aromatic carbocycles. The molecule has 1 aliphatic rings. The number of hydrogen-bond donors (Lipinski definition) is 2. The predicted octanol–water partition coefficient (Wildman–Crippen LogP) is 0.492. The fraction of sp³-hybridized carbons (Fsp3) is 0.636. The highest BCUT2D eigenvalue weighted by atomic mass is 16.5. The Morgan fingerprint density at radius 1 is 1.38 bits per heavy atom. The van der Waals surface area contributed by atoms with Crippen LogP contribution in [0, 0.1) is 13.8 Å². The number of rotatable bonds is 3. The van der Waals surface area contributed by atoms with Crippen LogP contribution in [-0.4, -0.2) is 42.3 Å². The van der Waals surface area contributed by atoms with Gasteiger partial charge in [0, 0.05) is 20.2 Å². The third-order valence-electron chi connectivity index (χ3n) is 2.99. The van der Waals surface area contributed by atoms with Crippen molar-refractivity contribution >= 4 is 5.82 Å². The molecule has 2 atom stereocenters. The van der Waals surface area contributed by atoms with E-state index in [1.165, 1.54) is 0 Å². The number of nitrogens with one attached hydrogen (secondary N) is 2. The van der Waals surface area contributed by atoms with E-state index in [0.29, 0.717) is 0 Å². The smallest absolute Gasteiger partial charge is 0.145 e. The summed E-state index contributed by atoms with van der Waals surface area (Å²) in [6, 6.07) is 0.265. The standard InChI is InChI=1S/C11H18N4O/c1-7-8(2)14-11(6-13-7)15-9-4-12-5-10(9)16-3/h6,9-10,12H,4-5H2,1-3H3,(H,14,15)/t9?,10-/m0/s1. The van der Waals surface area contributed by atoms with Crippen LogP contribution in [-0.2, 0) is 4.74 Å². The van der Waals surface area contributed by atoms with Crippen LogP contribution in [0.15, 0.2) is 6.20 Å². The van der Waals surface area contributed by atoms with E-state index in [1.807, 2.05) is 13.8 Å². The minimum absolute atomic E-state index is 0.198. The summed E-state index contributed by atoms with van der Waals surface area (Å²) in [5.74, 6) is 0.818. The molecule has 0 aliphatic carbocycles. The maximum Gasteiger partial charge on any atom is 0.145 e. The number of aryl methyl sites for hydroxylation is 2. The minimum Gasteiger partial charge on any atom is -0.378 e. The molecule has 0 spiro atoms. The lowest BCUT2D eigenvalue weighted by Crippen LogP contribution is -2.34. The van der Waals surface area contributed by atoms with Gasteiger partial charge < -0.3 is 15.4 Å². The van der Waals surface area contributed by atoms with Crippen LogP contribution in [0.3, 0.4) is 0 Å². The van der Waals surface area contributed by atoms with Crippen LogP contribution in [0.4, 0.5) is 5.82 Å². The molecule has 5 heteroatoms. The van der Waals surface area contributed by atoms with Crippen LogP contribution in [0.2, 0.25) is 0 Å². The van der Waals surface area contributed by atoms with Crippen molar-refractivity contribution in [2.75, 3.05) is 25.5 Å². The molecule has 1 fully saturated rings. The van der Waals surface area contributed by atoms with Gasteiger partial charge in [0.1, 0.15) is 5.82 Å². The lowest BCUT2D eigenvalue weighted by atomic mass is 10.2. The maximum absolute atomic E-state index is 5.38. The highest BCUT2D eigenvalue weighted by Crippen LogP contribution is 2.12. The van der Waals surface area contributed by atoms with Gasteiger partial charge in [-0.15, -0.1) is 0 Å². The van der Waals surface area contributed by atoms with E-state index in [4.69, 9.17) is 4.74 Å². The predicted molar refractivity (Wildman–Crippen MR) is 62.6 cm³/mol. The van der Waals surface area contributed by atoms with E-state index in [0.717, 1.165) is 30.3 Å². The number of aromatic nitrogens is 2. The van der Waals surface area contributed by atoms with Crippen molar-refractivity contribution < 1.29 is 4.74 Å². The zero-order chi connectivity index (χ0) is 11.5.